The van der Waals surface area contributed by atoms with Crippen LogP contribution in [0.4, 0.5) is 0 Å². The SMILES string of the molecule is C=CCOc1c(Br)cc(/C=N/NC(=O)c2ccc(-n3c(C)ccc3-c3ccccc3)cc2)cc1OC. The molecular weight excluding hydrogens is 518 g/mol. The number of hydrogen-bond donors (Lipinski definition) is 1. The van der Waals surface area contributed by atoms with Crippen molar-refractivity contribution in [1.82, 2.24) is 9.99 Å². The van der Waals surface area contributed by atoms with E-state index in [1.54, 1.807) is 37.6 Å². The van der Waals surface area contributed by atoms with Crippen LogP contribution in [0.2, 0.25) is 0 Å². The Morgan fingerprint density at radius 2 is 1.83 bits per heavy atom. The molecule has 36 heavy (non-hydrogen) atoms. The molecule has 1 heterocycles. The van der Waals surface area contributed by atoms with E-state index in [9.17, 15) is 4.79 Å². The summed E-state index contributed by atoms with van der Waals surface area (Å²) in [5.41, 5.74) is 8.13. The number of carbonyl (C=O) groups is 1. The summed E-state index contributed by atoms with van der Waals surface area (Å²) in [5, 5.41) is 4.10. The number of carbonyl (C=O) groups excluding carboxylic acids is 1. The number of aromatic nitrogens is 1. The largest absolute Gasteiger partial charge is 0.493 e. The molecule has 0 spiro atoms. The Hall–Kier alpha value is -4.10. The van der Waals surface area contributed by atoms with Gasteiger partial charge in [0, 0.05) is 16.9 Å². The van der Waals surface area contributed by atoms with Gasteiger partial charge in [0.25, 0.3) is 5.91 Å². The van der Waals surface area contributed by atoms with Gasteiger partial charge in [-0.3, -0.25) is 4.79 Å². The fourth-order valence-corrected chi connectivity index (χ4v) is 4.38. The number of amides is 1. The Morgan fingerprint density at radius 3 is 2.53 bits per heavy atom. The fourth-order valence-electron chi connectivity index (χ4n) is 3.80. The van der Waals surface area contributed by atoms with Gasteiger partial charge in [0.15, 0.2) is 11.5 Å². The molecular formula is C29H26BrN3O3. The van der Waals surface area contributed by atoms with E-state index >= 15 is 0 Å². The maximum atomic E-state index is 12.7. The van der Waals surface area contributed by atoms with E-state index in [1.807, 2.05) is 36.4 Å². The molecule has 3 aromatic carbocycles. The van der Waals surface area contributed by atoms with Crippen molar-refractivity contribution in [2.75, 3.05) is 13.7 Å². The summed E-state index contributed by atoms with van der Waals surface area (Å²) >= 11 is 3.48. The number of ether oxygens (including phenoxy) is 2. The molecule has 7 heteroatoms. The summed E-state index contributed by atoms with van der Waals surface area (Å²) in [4.78, 5) is 12.7. The summed E-state index contributed by atoms with van der Waals surface area (Å²) in [5.74, 6) is 0.819. The maximum absolute atomic E-state index is 12.7. The van der Waals surface area contributed by atoms with Crippen molar-refractivity contribution in [1.29, 1.82) is 0 Å². The first kappa shape index (κ1) is 25.0. The Bertz CT molecular complexity index is 1390. The molecule has 1 aromatic heterocycles. The van der Waals surface area contributed by atoms with Gasteiger partial charge in [-0.05, 0) is 82.5 Å². The number of hydrazone groups is 1. The van der Waals surface area contributed by atoms with Gasteiger partial charge < -0.3 is 14.0 Å². The van der Waals surface area contributed by atoms with E-state index in [-0.39, 0.29) is 5.91 Å². The van der Waals surface area contributed by atoms with Crippen molar-refractivity contribution < 1.29 is 14.3 Å². The minimum Gasteiger partial charge on any atom is -0.493 e. The normalized spacial score (nSPS) is 10.9. The third-order valence-corrected chi connectivity index (χ3v) is 6.10. The van der Waals surface area contributed by atoms with E-state index < -0.39 is 0 Å². The number of benzene rings is 3. The summed E-state index contributed by atoms with van der Waals surface area (Å²) in [6.45, 7) is 6.07. The zero-order valence-electron chi connectivity index (χ0n) is 20.1. The zero-order valence-corrected chi connectivity index (χ0v) is 21.7. The smallest absolute Gasteiger partial charge is 0.271 e. The van der Waals surface area contributed by atoms with Gasteiger partial charge in [0.2, 0.25) is 0 Å². The van der Waals surface area contributed by atoms with Crippen molar-refractivity contribution in [2.45, 2.75) is 6.92 Å². The second kappa shape index (κ2) is 11.6. The van der Waals surface area contributed by atoms with Crippen LogP contribution in [0.15, 0.2) is 101 Å². The fraction of sp³-hybridized carbons (Fsp3) is 0.103. The molecule has 0 aliphatic rings. The molecule has 1 amide bonds. The Labute approximate surface area is 219 Å². The number of nitrogens with one attached hydrogen (secondary N) is 1. The van der Waals surface area contributed by atoms with Crippen LogP contribution in [0.5, 0.6) is 11.5 Å². The average molecular weight is 544 g/mol. The number of aryl methyl sites for hydroxylation is 1. The number of nitrogens with zero attached hydrogens (tertiary/aromatic N) is 2. The van der Waals surface area contributed by atoms with E-state index in [0.29, 0.717) is 28.1 Å². The van der Waals surface area contributed by atoms with Crippen molar-refractivity contribution >= 4 is 28.1 Å². The Balaban J connectivity index is 1.47. The molecule has 0 fully saturated rings. The molecule has 0 bridgehead atoms. The van der Waals surface area contributed by atoms with Gasteiger partial charge in [-0.15, -0.1) is 0 Å². The summed E-state index contributed by atoms with van der Waals surface area (Å²) < 4.78 is 13.9. The van der Waals surface area contributed by atoms with E-state index in [4.69, 9.17) is 9.47 Å². The van der Waals surface area contributed by atoms with Crippen LogP contribution < -0.4 is 14.9 Å². The molecule has 0 radical (unpaired) electrons. The second-order valence-electron chi connectivity index (χ2n) is 7.94. The monoisotopic (exact) mass is 543 g/mol. The first-order chi connectivity index (χ1) is 17.5. The van der Waals surface area contributed by atoms with Crippen molar-refractivity contribution in [3.05, 3.63) is 113 Å². The number of rotatable bonds is 9. The van der Waals surface area contributed by atoms with Crippen LogP contribution in [-0.4, -0.2) is 30.4 Å². The third-order valence-electron chi connectivity index (χ3n) is 5.51. The lowest BCUT2D eigenvalue weighted by molar-refractivity contribution is 0.0955. The van der Waals surface area contributed by atoms with Gasteiger partial charge in [-0.2, -0.15) is 5.10 Å². The van der Waals surface area contributed by atoms with Gasteiger partial charge >= 0.3 is 0 Å². The Morgan fingerprint density at radius 1 is 1.08 bits per heavy atom. The topological polar surface area (TPSA) is 64.8 Å². The highest BCUT2D eigenvalue weighted by Crippen LogP contribution is 2.36. The molecule has 0 saturated carbocycles. The number of methoxy groups -OCH3 is 1. The lowest BCUT2D eigenvalue weighted by Crippen LogP contribution is -2.17. The van der Waals surface area contributed by atoms with Crippen LogP contribution in [0.3, 0.4) is 0 Å². The average Bonchev–Trinajstić information content (AvgIpc) is 3.29. The number of hydrogen-bond acceptors (Lipinski definition) is 4. The molecule has 1 N–H and O–H groups in total. The standard InChI is InChI=1S/C29H26BrN3O3/c1-4-16-36-28-25(30)17-21(18-27(28)35-3)19-31-32-29(34)23-11-13-24(14-12-23)33-20(2)10-15-26(33)22-8-6-5-7-9-22/h4-15,17-19H,1,16H2,2-3H3,(H,32,34)/b31-19+. The molecule has 0 unspecified atom stereocenters. The minimum absolute atomic E-state index is 0.303. The van der Waals surface area contributed by atoms with E-state index in [0.717, 1.165) is 28.2 Å². The van der Waals surface area contributed by atoms with Crippen LogP contribution in [0.25, 0.3) is 16.9 Å². The lowest BCUT2D eigenvalue weighted by Gasteiger charge is -2.13. The highest BCUT2D eigenvalue weighted by molar-refractivity contribution is 9.10. The van der Waals surface area contributed by atoms with Crippen molar-refractivity contribution in [2.24, 2.45) is 5.10 Å². The molecule has 0 aliphatic heterocycles. The van der Waals surface area contributed by atoms with Crippen LogP contribution in [0.1, 0.15) is 21.6 Å². The maximum Gasteiger partial charge on any atom is 0.271 e. The van der Waals surface area contributed by atoms with Crippen molar-refractivity contribution in [3.8, 4) is 28.4 Å². The highest BCUT2D eigenvalue weighted by atomic mass is 79.9. The minimum atomic E-state index is -0.303. The predicted molar refractivity (Wildman–Crippen MR) is 147 cm³/mol. The van der Waals surface area contributed by atoms with Gasteiger partial charge in [-0.25, -0.2) is 5.43 Å². The summed E-state index contributed by atoms with van der Waals surface area (Å²) in [7, 11) is 1.56. The molecule has 6 nitrogen and oxygen atoms in total. The van der Waals surface area contributed by atoms with Crippen LogP contribution >= 0.6 is 15.9 Å². The number of halogens is 1. The van der Waals surface area contributed by atoms with Crippen molar-refractivity contribution in [3.63, 3.8) is 0 Å². The van der Waals surface area contributed by atoms with E-state index in [1.165, 1.54) is 0 Å². The summed E-state index contributed by atoms with van der Waals surface area (Å²) in [6.07, 6.45) is 3.21. The first-order valence-corrected chi connectivity index (χ1v) is 12.1. The van der Waals surface area contributed by atoms with Crippen LogP contribution in [-0.2, 0) is 0 Å². The quantitative estimate of drug-likeness (QED) is 0.148. The van der Waals surface area contributed by atoms with E-state index in [2.05, 4.69) is 68.8 Å². The molecule has 182 valence electrons. The van der Waals surface area contributed by atoms with Gasteiger partial charge in [0.05, 0.1) is 23.5 Å². The highest BCUT2D eigenvalue weighted by Gasteiger charge is 2.12. The summed E-state index contributed by atoms with van der Waals surface area (Å²) in [6, 6.07) is 25.5. The molecule has 4 rings (SSSR count). The van der Waals surface area contributed by atoms with Gasteiger partial charge in [-0.1, -0.05) is 43.0 Å². The molecule has 0 saturated heterocycles. The second-order valence-corrected chi connectivity index (χ2v) is 8.80. The molecule has 0 aliphatic carbocycles. The molecule has 4 aromatic rings. The Kier molecular flexibility index (Phi) is 8.02. The first-order valence-electron chi connectivity index (χ1n) is 11.3. The molecule has 0 atom stereocenters. The third kappa shape index (κ3) is 5.58. The van der Waals surface area contributed by atoms with Crippen LogP contribution in [0, 0.1) is 6.92 Å². The predicted octanol–water partition coefficient (Wildman–Crippen LogP) is 6.55. The lowest BCUT2D eigenvalue weighted by atomic mass is 10.1. The zero-order chi connectivity index (χ0) is 25.5. The van der Waals surface area contributed by atoms with Gasteiger partial charge in [0.1, 0.15) is 6.61 Å².